The van der Waals surface area contributed by atoms with Crippen LogP contribution in [0.2, 0.25) is 0 Å². The topological polar surface area (TPSA) is 79.9 Å². The Morgan fingerprint density at radius 2 is 1.86 bits per heavy atom. The zero-order chi connectivity index (χ0) is 20.1. The predicted molar refractivity (Wildman–Crippen MR) is 106 cm³/mol. The average Bonchev–Trinajstić information content (AvgIpc) is 3.24. The van der Waals surface area contributed by atoms with Gasteiger partial charge in [0.15, 0.2) is 0 Å². The summed E-state index contributed by atoms with van der Waals surface area (Å²) in [7, 11) is 0. The number of nitrogens with one attached hydrogen (secondary N) is 2. The van der Waals surface area contributed by atoms with Gasteiger partial charge in [-0.15, -0.1) is 0 Å². The number of aromatic amines is 1. The van der Waals surface area contributed by atoms with Crippen LogP contribution in [0.15, 0.2) is 79.1 Å². The third-order valence-electron chi connectivity index (χ3n) is 4.23. The van der Waals surface area contributed by atoms with Crippen molar-refractivity contribution in [2.45, 2.75) is 6.54 Å². The molecule has 4 aromatic rings. The third-order valence-corrected chi connectivity index (χ3v) is 4.23. The lowest BCUT2D eigenvalue weighted by Gasteiger charge is -2.08. The Hall–Kier alpha value is -4.00. The molecule has 2 aromatic heterocycles. The first-order valence-electron chi connectivity index (χ1n) is 8.94. The predicted octanol–water partition coefficient (Wildman–Crippen LogP) is 4.33. The van der Waals surface area contributed by atoms with E-state index in [-0.39, 0.29) is 11.7 Å². The lowest BCUT2D eigenvalue weighted by Crippen LogP contribution is -2.23. The van der Waals surface area contributed by atoms with Crippen LogP contribution in [0.25, 0.3) is 11.3 Å². The first kappa shape index (κ1) is 18.4. The van der Waals surface area contributed by atoms with E-state index in [4.69, 9.17) is 4.74 Å². The average molecular weight is 388 g/mol. The Morgan fingerprint density at radius 1 is 1.07 bits per heavy atom. The van der Waals surface area contributed by atoms with Gasteiger partial charge in [-0.3, -0.25) is 9.89 Å². The smallest absolute Gasteiger partial charge is 0.255 e. The standard InChI is InChI=1S/C22H17FN4O2/c23-17-8-6-16(7-9-17)21-19(14-26-27-21)22(28)25-13-15-10-11-24-20(12-15)29-18-4-2-1-3-5-18/h1-12,14H,13H2,(H,25,28)(H,26,27). The summed E-state index contributed by atoms with van der Waals surface area (Å²) < 4.78 is 18.9. The second-order valence-electron chi connectivity index (χ2n) is 6.27. The zero-order valence-corrected chi connectivity index (χ0v) is 15.3. The fraction of sp³-hybridized carbons (Fsp3) is 0.0455. The van der Waals surface area contributed by atoms with Gasteiger partial charge in [-0.25, -0.2) is 9.37 Å². The van der Waals surface area contributed by atoms with Crippen molar-refractivity contribution in [3.63, 3.8) is 0 Å². The number of benzene rings is 2. The van der Waals surface area contributed by atoms with E-state index in [0.29, 0.717) is 35.0 Å². The summed E-state index contributed by atoms with van der Waals surface area (Å²) in [5.74, 6) is 0.493. The molecule has 144 valence electrons. The maximum Gasteiger partial charge on any atom is 0.255 e. The molecule has 0 saturated carbocycles. The molecule has 7 heteroatoms. The molecule has 0 atom stereocenters. The summed E-state index contributed by atoms with van der Waals surface area (Å²) in [6.45, 7) is 0.292. The molecule has 1 amide bonds. The van der Waals surface area contributed by atoms with Crippen molar-refractivity contribution in [2.75, 3.05) is 0 Å². The van der Waals surface area contributed by atoms with Crippen LogP contribution in [-0.2, 0) is 6.54 Å². The summed E-state index contributed by atoms with van der Waals surface area (Å²) in [6, 6.07) is 18.8. The second kappa shape index (κ2) is 8.35. The number of amides is 1. The summed E-state index contributed by atoms with van der Waals surface area (Å²) in [4.78, 5) is 16.8. The van der Waals surface area contributed by atoms with Crippen molar-refractivity contribution < 1.29 is 13.9 Å². The number of ether oxygens (including phenoxy) is 1. The van der Waals surface area contributed by atoms with Crippen LogP contribution in [0.1, 0.15) is 15.9 Å². The van der Waals surface area contributed by atoms with Crippen LogP contribution < -0.4 is 10.1 Å². The minimum Gasteiger partial charge on any atom is -0.439 e. The number of para-hydroxylation sites is 1. The molecular formula is C22H17FN4O2. The molecule has 0 saturated heterocycles. The Bertz CT molecular complexity index is 1110. The number of nitrogens with zero attached hydrogens (tertiary/aromatic N) is 2. The van der Waals surface area contributed by atoms with Gasteiger partial charge in [0.05, 0.1) is 17.5 Å². The van der Waals surface area contributed by atoms with Crippen molar-refractivity contribution in [3.05, 3.63) is 96.1 Å². The van der Waals surface area contributed by atoms with Gasteiger partial charge in [-0.1, -0.05) is 18.2 Å². The number of hydrogen-bond donors (Lipinski definition) is 2. The summed E-state index contributed by atoms with van der Waals surface area (Å²) in [6.07, 6.45) is 3.08. The van der Waals surface area contributed by atoms with Crippen molar-refractivity contribution in [1.29, 1.82) is 0 Å². The molecule has 4 rings (SSSR count). The van der Waals surface area contributed by atoms with Gasteiger partial charge in [0.1, 0.15) is 11.6 Å². The first-order chi connectivity index (χ1) is 14.2. The Kier molecular flexibility index (Phi) is 5.29. The number of rotatable bonds is 6. The van der Waals surface area contributed by atoms with E-state index in [1.165, 1.54) is 18.3 Å². The molecule has 0 unspecified atom stereocenters. The lowest BCUT2D eigenvalue weighted by atomic mass is 10.1. The Labute approximate surface area is 166 Å². The maximum atomic E-state index is 13.1. The molecule has 6 nitrogen and oxygen atoms in total. The quantitative estimate of drug-likeness (QED) is 0.515. The van der Waals surface area contributed by atoms with Gasteiger partial charge in [0, 0.05) is 24.4 Å². The van der Waals surface area contributed by atoms with E-state index in [1.807, 2.05) is 30.3 Å². The highest BCUT2D eigenvalue weighted by Gasteiger charge is 2.15. The summed E-state index contributed by atoms with van der Waals surface area (Å²) >= 11 is 0. The molecule has 0 spiro atoms. The van der Waals surface area contributed by atoms with E-state index in [2.05, 4.69) is 20.5 Å². The van der Waals surface area contributed by atoms with Crippen molar-refractivity contribution in [1.82, 2.24) is 20.5 Å². The highest BCUT2D eigenvalue weighted by atomic mass is 19.1. The molecule has 2 N–H and O–H groups in total. The van der Waals surface area contributed by atoms with Crippen molar-refractivity contribution in [3.8, 4) is 22.9 Å². The molecule has 0 aliphatic rings. The number of H-pyrrole nitrogens is 1. The highest BCUT2D eigenvalue weighted by molar-refractivity contribution is 5.99. The van der Waals surface area contributed by atoms with Gasteiger partial charge in [-0.05, 0) is 48.0 Å². The number of hydrogen-bond acceptors (Lipinski definition) is 4. The molecule has 29 heavy (non-hydrogen) atoms. The van der Waals surface area contributed by atoms with Gasteiger partial charge in [-0.2, -0.15) is 5.10 Å². The second-order valence-corrected chi connectivity index (χ2v) is 6.27. The first-order valence-corrected chi connectivity index (χ1v) is 8.94. The maximum absolute atomic E-state index is 13.1. The zero-order valence-electron chi connectivity index (χ0n) is 15.3. The Balaban J connectivity index is 1.44. The van der Waals surface area contributed by atoms with Crippen LogP contribution in [0.3, 0.4) is 0 Å². The molecule has 2 heterocycles. The number of aromatic nitrogens is 3. The third kappa shape index (κ3) is 4.47. The van der Waals surface area contributed by atoms with Gasteiger partial charge < -0.3 is 10.1 Å². The highest BCUT2D eigenvalue weighted by Crippen LogP contribution is 2.22. The minimum atomic E-state index is -0.342. The monoisotopic (exact) mass is 388 g/mol. The lowest BCUT2D eigenvalue weighted by molar-refractivity contribution is 0.0951. The molecular weight excluding hydrogens is 371 g/mol. The molecule has 0 radical (unpaired) electrons. The van der Waals surface area contributed by atoms with E-state index >= 15 is 0 Å². The molecule has 0 bridgehead atoms. The van der Waals surface area contributed by atoms with Gasteiger partial charge in [0.2, 0.25) is 5.88 Å². The van der Waals surface area contributed by atoms with Crippen LogP contribution in [0.4, 0.5) is 4.39 Å². The largest absolute Gasteiger partial charge is 0.439 e. The Morgan fingerprint density at radius 3 is 2.66 bits per heavy atom. The number of carbonyl (C=O) groups excluding carboxylic acids is 1. The van der Waals surface area contributed by atoms with E-state index in [0.717, 1.165) is 5.56 Å². The number of halogens is 1. The van der Waals surface area contributed by atoms with E-state index in [9.17, 15) is 9.18 Å². The van der Waals surface area contributed by atoms with E-state index < -0.39 is 0 Å². The molecule has 0 fully saturated rings. The summed E-state index contributed by atoms with van der Waals surface area (Å²) in [5, 5.41) is 9.60. The fourth-order valence-electron chi connectivity index (χ4n) is 2.80. The summed E-state index contributed by atoms with van der Waals surface area (Å²) in [5.41, 5.74) is 2.43. The normalized spacial score (nSPS) is 10.5. The number of pyridine rings is 1. The molecule has 2 aromatic carbocycles. The van der Waals surface area contributed by atoms with Crippen LogP contribution in [0, 0.1) is 5.82 Å². The van der Waals surface area contributed by atoms with Crippen molar-refractivity contribution >= 4 is 5.91 Å². The van der Waals surface area contributed by atoms with Crippen LogP contribution in [-0.4, -0.2) is 21.1 Å². The van der Waals surface area contributed by atoms with Crippen LogP contribution in [0.5, 0.6) is 11.6 Å². The molecule has 0 aliphatic carbocycles. The minimum absolute atomic E-state index is 0.291. The SMILES string of the molecule is O=C(NCc1ccnc(Oc2ccccc2)c1)c1cn[nH]c1-c1ccc(F)cc1. The fourth-order valence-corrected chi connectivity index (χ4v) is 2.80. The van der Waals surface area contributed by atoms with E-state index in [1.54, 1.807) is 30.5 Å². The van der Waals surface area contributed by atoms with Crippen molar-refractivity contribution in [2.24, 2.45) is 0 Å². The van der Waals surface area contributed by atoms with Gasteiger partial charge in [0.25, 0.3) is 5.91 Å². The van der Waals surface area contributed by atoms with Gasteiger partial charge >= 0.3 is 0 Å². The molecule has 0 aliphatic heterocycles. The number of carbonyl (C=O) groups is 1. The van der Waals surface area contributed by atoms with Crippen LogP contribution >= 0.6 is 0 Å².